The van der Waals surface area contributed by atoms with Gasteiger partial charge in [0.05, 0.1) is 23.2 Å². The van der Waals surface area contributed by atoms with Crippen LogP contribution < -0.4 is 5.73 Å². The van der Waals surface area contributed by atoms with Crippen molar-refractivity contribution in [2.75, 3.05) is 18.8 Å². The van der Waals surface area contributed by atoms with Crippen molar-refractivity contribution in [2.45, 2.75) is 39.3 Å². The minimum absolute atomic E-state index is 0.0669. The zero-order chi connectivity index (χ0) is 14.4. The number of amides is 1. The zero-order valence-electron chi connectivity index (χ0n) is 12.0. The number of aromatic nitrogens is 2. The number of hydrogen-bond donors (Lipinski definition) is 2. The maximum atomic E-state index is 12.4. The summed E-state index contributed by atoms with van der Waals surface area (Å²) in [5.41, 5.74) is 8.15. The summed E-state index contributed by atoms with van der Waals surface area (Å²) in [5.74, 6) is 0.807. The largest absolute Gasteiger partial charge is 0.396 e. The van der Waals surface area contributed by atoms with E-state index in [0.717, 1.165) is 30.8 Å². The van der Waals surface area contributed by atoms with Crippen LogP contribution in [0.2, 0.25) is 0 Å². The summed E-state index contributed by atoms with van der Waals surface area (Å²) in [6.07, 6.45) is 1.68. The van der Waals surface area contributed by atoms with Crippen LogP contribution >= 0.6 is 0 Å². The molecule has 0 aromatic carbocycles. The number of aryl methyl sites for hydroxylation is 1. The van der Waals surface area contributed by atoms with Crippen LogP contribution in [0.15, 0.2) is 0 Å². The number of aliphatic hydroxyl groups is 1. The molecule has 1 aliphatic heterocycles. The Bertz CT molecular complexity index is 540. The molecular weight excluding hydrogens is 256 g/mol. The van der Waals surface area contributed by atoms with Crippen molar-refractivity contribution in [3.05, 3.63) is 11.4 Å². The van der Waals surface area contributed by atoms with E-state index in [2.05, 4.69) is 5.10 Å². The van der Waals surface area contributed by atoms with Crippen molar-refractivity contribution < 1.29 is 9.90 Å². The van der Waals surface area contributed by atoms with Crippen LogP contribution in [0, 0.1) is 25.7 Å². The van der Waals surface area contributed by atoms with E-state index < -0.39 is 0 Å². The lowest BCUT2D eigenvalue weighted by atomic mass is 10.00. The Morgan fingerprint density at radius 2 is 2.15 bits per heavy atom. The minimum Gasteiger partial charge on any atom is -0.396 e. The fourth-order valence-electron chi connectivity index (χ4n) is 3.53. The Morgan fingerprint density at radius 1 is 1.40 bits per heavy atom. The molecular formula is C14H22N4O2. The first-order chi connectivity index (χ1) is 9.47. The number of anilines is 1. The Kier molecular flexibility index (Phi) is 3.20. The van der Waals surface area contributed by atoms with Gasteiger partial charge in [-0.25, -0.2) is 0 Å². The predicted octanol–water partition coefficient (Wildman–Crippen LogP) is 0.311. The van der Waals surface area contributed by atoms with E-state index in [1.165, 1.54) is 0 Å². The molecule has 1 aromatic heterocycles. The van der Waals surface area contributed by atoms with Crippen LogP contribution in [0.25, 0.3) is 0 Å². The predicted molar refractivity (Wildman–Crippen MR) is 74.9 cm³/mol. The fraction of sp³-hybridized carbons (Fsp3) is 0.714. The van der Waals surface area contributed by atoms with Crippen LogP contribution in [0.3, 0.4) is 0 Å². The molecule has 0 bridgehead atoms. The Hall–Kier alpha value is -1.56. The first-order valence-corrected chi connectivity index (χ1v) is 7.22. The molecule has 2 aliphatic rings. The van der Waals surface area contributed by atoms with E-state index in [9.17, 15) is 9.90 Å². The Labute approximate surface area is 118 Å². The lowest BCUT2D eigenvalue weighted by molar-refractivity contribution is -0.131. The van der Waals surface area contributed by atoms with Crippen LogP contribution in [0.5, 0.6) is 0 Å². The van der Waals surface area contributed by atoms with Gasteiger partial charge in [0, 0.05) is 19.0 Å². The highest BCUT2D eigenvalue weighted by Crippen LogP contribution is 2.38. The molecule has 1 aliphatic carbocycles. The number of hydrogen-bond acceptors (Lipinski definition) is 4. The Balaban J connectivity index is 1.67. The maximum absolute atomic E-state index is 12.4. The van der Waals surface area contributed by atoms with Crippen molar-refractivity contribution in [1.29, 1.82) is 0 Å². The third-order valence-electron chi connectivity index (χ3n) is 4.89. The Morgan fingerprint density at radius 3 is 2.75 bits per heavy atom. The molecule has 3 atom stereocenters. The van der Waals surface area contributed by atoms with E-state index in [0.29, 0.717) is 18.2 Å². The van der Waals surface area contributed by atoms with Gasteiger partial charge in [0.25, 0.3) is 0 Å². The van der Waals surface area contributed by atoms with Crippen molar-refractivity contribution >= 4 is 11.6 Å². The van der Waals surface area contributed by atoms with E-state index in [-0.39, 0.29) is 24.5 Å². The molecule has 6 heteroatoms. The van der Waals surface area contributed by atoms with Gasteiger partial charge in [-0.1, -0.05) is 0 Å². The molecule has 3 N–H and O–H groups in total. The molecule has 20 heavy (non-hydrogen) atoms. The highest BCUT2D eigenvalue weighted by molar-refractivity contribution is 5.76. The van der Waals surface area contributed by atoms with Gasteiger partial charge in [0.1, 0.15) is 6.54 Å². The van der Waals surface area contributed by atoms with Gasteiger partial charge in [-0.3, -0.25) is 9.48 Å². The number of fused-ring (bicyclic) bond motifs is 1. The number of carbonyl (C=O) groups is 1. The van der Waals surface area contributed by atoms with Crippen LogP contribution in [-0.4, -0.2) is 44.9 Å². The summed E-state index contributed by atoms with van der Waals surface area (Å²) < 4.78 is 1.68. The monoisotopic (exact) mass is 278 g/mol. The number of nitrogen functional groups attached to an aromatic ring is 1. The zero-order valence-corrected chi connectivity index (χ0v) is 12.0. The molecule has 2 heterocycles. The summed E-state index contributed by atoms with van der Waals surface area (Å²) in [6, 6.07) is 0. The smallest absolute Gasteiger partial charge is 0.244 e. The van der Waals surface area contributed by atoms with Crippen LogP contribution in [-0.2, 0) is 11.3 Å². The van der Waals surface area contributed by atoms with E-state index in [1.807, 2.05) is 18.7 Å². The molecule has 3 unspecified atom stereocenters. The first-order valence-electron chi connectivity index (χ1n) is 7.22. The first kappa shape index (κ1) is 13.4. The SMILES string of the molecule is Cc1nn(CC(=O)N2CC3CCC(O)C3C2)c(C)c1N. The normalized spacial score (nSPS) is 28.9. The number of likely N-dealkylation sites (tertiary alicyclic amines) is 1. The quantitative estimate of drug-likeness (QED) is 0.815. The van der Waals surface area contributed by atoms with Gasteiger partial charge in [-0.15, -0.1) is 0 Å². The highest BCUT2D eigenvalue weighted by atomic mass is 16.3. The third-order valence-corrected chi connectivity index (χ3v) is 4.89. The van der Waals surface area contributed by atoms with E-state index in [4.69, 9.17) is 5.73 Å². The molecule has 1 saturated carbocycles. The second-order valence-corrected chi connectivity index (χ2v) is 6.11. The third kappa shape index (κ3) is 2.08. The lowest BCUT2D eigenvalue weighted by Gasteiger charge is -2.18. The van der Waals surface area contributed by atoms with E-state index >= 15 is 0 Å². The summed E-state index contributed by atoms with van der Waals surface area (Å²) in [7, 11) is 0. The average Bonchev–Trinajstić information content (AvgIpc) is 3.04. The number of nitrogens with zero attached hydrogens (tertiary/aromatic N) is 3. The number of rotatable bonds is 2. The summed E-state index contributed by atoms with van der Waals surface area (Å²) in [6.45, 7) is 5.42. The maximum Gasteiger partial charge on any atom is 0.244 e. The van der Waals surface area contributed by atoms with Gasteiger partial charge in [-0.2, -0.15) is 5.10 Å². The van der Waals surface area contributed by atoms with Crippen LogP contribution in [0.1, 0.15) is 24.2 Å². The second kappa shape index (κ2) is 4.77. The summed E-state index contributed by atoms with van der Waals surface area (Å²) in [4.78, 5) is 14.2. The minimum atomic E-state index is -0.234. The van der Waals surface area contributed by atoms with Crippen molar-refractivity contribution in [2.24, 2.45) is 11.8 Å². The summed E-state index contributed by atoms with van der Waals surface area (Å²) >= 11 is 0. The number of nitrogens with two attached hydrogens (primary N) is 1. The number of carbonyl (C=O) groups excluding carboxylic acids is 1. The molecule has 1 aromatic rings. The molecule has 1 saturated heterocycles. The van der Waals surface area contributed by atoms with Gasteiger partial charge >= 0.3 is 0 Å². The van der Waals surface area contributed by atoms with Gasteiger partial charge in [-0.05, 0) is 32.6 Å². The van der Waals surface area contributed by atoms with Gasteiger partial charge < -0.3 is 15.7 Å². The molecule has 6 nitrogen and oxygen atoms in total. The van der Waals surface area contributed by atoms with Gasteiger partial charge in [0.15, 0.2) is 0 Å². The molecule has 1 amide bonds. The van der Waals surface area contributed by atoms with Crippen molar-refractivity contribution in [1.82, 2.24) is 14.7 Å². The molecule has 3 rings (SSSR count). The van der Waals surface area contributed by atoms with Gasteiger partial charge in [0.2, 0.25) is 5.91 Å². The second-order valence-electron chi connectivity index (χ2n) is 6.11. The van der Waals surface area contributed by atoms with Crippen LogP contribution in [0.4, 0.5) is 5.69 Å². The van der Waals surface area contributed by atoms with Crippen molar-refractivity contribution in [3.63, 3.8) is 0 Å². The van der Waals surface area contributed by atoms with Crippen molar-refractivity contribution in [3.8, 4) is 0 Å². The molecule has 110 valence electrons. The standard InChI is InChI=1S/C14H22N4O2/c1-8-14(15)9(2)18(16-8)7-13(20)17-5-10-3-4-12(19)11(10)6-17/h10-12,19H,3-7,15H2,1-2H3. The topological polar surface area (TPSA) is 84.4 Å². The highest BCUT2D eigenvalue weighted by Gasteiger charge is 2.43. The fourth-order valence-corrected chi connectivity index (χ4v) is 3.53. The number of aliphatic hydroxyl groups excluding tert-OH is 1. The average molecular weight is 278 g/mol. The lowest BCUT2D eigenvalue weighted by Crippen LogP contribution is -2.34. The molecule has 0 spiro atoms. The summed E-state index contributed by atoms with van der Waals surface area (Å²) in [5, 5.41) is 14.2. The molecule has 2 fully saturated rings. The van der Waals surface area contributed by atoms with E-state index in [1.54, 1.807) is 4.68 Å². The molecule has 0 radical (unpaired) electrons.